The summed E-state index contributed by atoms with van der Waals surface area (Å²) < 4.78 is 0. The summed E-state index contributed by atoms with van der Waals surface area (Å²) in [6.07, 6.45) is 13.3. The number of hydrogen-bond donors (Lipinski definition) is 1. The zero-order valence-corrected chi connectivity index (χ0v) is 13.1. The second-order valence-electron chi connectivity index (χ2n) is 5.98. The molecule has 2 heteroatoms. The first kappa shape index (κ1) is 15.8. The van der Waals surface area contributed by atoms with Crippen molar-refractivity contribution < 1.29 is 4.79 Å². The van der Waals surface area contributed by atoms with Crippen molar-refractivity contribution in [3.8, 4) is 0 Å². The number of rotatable bonds is 4. The lowest BCUT2D eigenvalue weighted by Gasteiger charge is -2.20. The summed E-state index contributed by atoms with van der Waals surface area (Å²) >= 11 is 0. The van der Waals surface area contributed by atoms with Crippen molar-refractivity contribution in [3.63, 3.8) is 0 Å². The number of amides is 1. The summed E-state index contributed by atoms with van der Waals surface area (Å²) in [5, 5.41) is 3.15. The maximum absolute atomic E-state index is 12.0. The number of benzene rings is 1. The quantitative estimate of drug-likeness (QED) is 0.811. The zero-order chi connectivity index (χ0) is 14.9. The van der Waals surface area contributed by atoms with E-state index >= 15 is 0 Å². The highest BCUT2D eigenvalue weighted by Gasteiger charge is 2.12. The molecule has 1 N–H and O–H groups in total. The van der Waals surface area contributed by atoms with E-state index in [0.717, 1.165) is 24.8 Å². The van der Waals surface area contributed by atoms with Crippen molar-refractivity contribution in [1.82, 2.24) is 5.32 Å². The highest BCUT2D eigenvalue weighted by molar-refractivity contribution is 5.91. The van der Waals surface area contributed by atoms with E-state index in [1.54, 1.807) is 6.08 Å². The van der Waals surface area contributed by atoms with E-state index in [1.807, 2.05) is 6.08 Å². The Morgan fingerprint density at radius 3 is 2.33 bits per heavy atom. The minimum absolute atomic E-state index is 0.0418. The van der Waals surface area contributed by atoms with Gasteiger partial charge in [0.2, 0.25) is 5.91 Å². The van der Waals surface area contributed by atoms with E-state index in [-0.39, 0.29) is 5.91 Å². The molecule has 114 valence electrons. The highest BCUT2D eigenvalue weighted by Crippen LogP contribution is 2.17. The van der Waals surface area contributed by atoms with Crippen LogP contribution in [0.5, 0.6) is 0 Å². The van der Waals surface area contributed by atoms with Gasteiger partial charge in [-0.05, 0) is 36.5 Å². The Balaban J connectivity index is 1.83. The number of carbonyl (C=O) groups is 1. The smallest absolute Gasteiger partial charge is 0.244 e. The molecular weight excluding hydrogens is 258 g/mol. The van der Waals surface area contributed by atoms with Crippen LogP contribution in [0, 0.1) is 0 Å². The van der Waals surface area contributed by atoms with Crippen molar-refractivity contribution >= 4 is 12.0 Å². The van der Waals surface area contributed by atoms with Gasteiger partial charge in [-0.1, -0.05) is 63.3 Å². The van der Waals surface area contributed by atoms with Crippen LogP contribution in [0.25, 0.3) is 6.08 Å². The number of carbonyl (C=O) groups excluding carboxylic acids is 1. The highest BCUT2D eigenvalue weighted by atomic mass is 16.1. The summed E-state index contributed by atoms with van der Waals surface area (Å²) in [7, 11) is 0. The molecule has 2 rings (SSSR count). The van der Waals surface area contributed by atoms with Crippen LogP contribution in [-0.4, -0.2) is 11.9 Å². The molecule has 0 unspecified atom stereocenters. The lowest BCUT2D eigenvalue weighted by Crippen LogP contribution is -2.34. The predicted molar refractivity (Wildman–Crippen MR) is 89.1 cm³/mol. The van der Waals surface area contributed by atoms with E-state index in [0.29, 0.717) is 6.04 Å². The Bertz CT molecular complexity index is 453. The average Bonchev–Trinajstić information content (AvgIpc) is 2.48. The molecule has 0 bridgehead atoms. The van der Waals surface area contributed by atoms with Crippen molar-refractivity contribution in [3.05, 3.63) is 41.5 Å². The summed E-state index contributed by atoms with van der Waals surface area (Å²) in [5.74, 6) is 0.0418. The van der Waals surface area contributed by atoms with E-state index in [2.05, 4.69) is 36.5 Å². The minimum Gasteiger partial charge on any atom is -0.350 e. The average molecular weight is 285 g/mol. The molecule has 1 aromatic carbocycles. The third-order valence-electron chi connectivity index (χ3n) is 4.27. The van der Waals surface area contributed by atoms with Crippen LogP contribution in [0.1, 0.15) is 63.0 Å². The van der Waals surface area contributed by atoms with Gasteiger partial charge in [0.1, 0.15) is 0 Å². The van der Waals surface area contributed by atoms with Crippen LogP contribution in [0.15, 0.2) is 30.3 Å². The van der Waals surface area contributed by atoms with Gasteiger partial charge < -0.3 is 5.32 Å². The van der Waals surface area contributed by atoms with Gasteiger partial charge in [0.05, 0.1) is 0 Å². The molecule has 1 fully saturated rings. The monoisotopic (exact) mass is 285 g/mol. The molecule has 0 atom stereocenters. The fourth-order valence-electron chi connectivity index (χ4n) is 2.89. The summed E-state index contributed by atoms with van der Waals surface area (Å²) in [6, 6.07) is 8.74. The Kier molecular flexibility index (Phi) is 6.52. The van der Waals surface area contributed by atoms with E-state index in [9.17, 15) is 4.79 Å². The van der Waals surface area contributed by atoms with E-state index in [4.69, 9.17) is 0 Å². The largest absolute Gasteiger partial charge is 0.350 e. The lowest BCUT2D eigenvalue weighted by molar-refractivity contribution is -0.117. The van der Waals surface area contributed by atoms with E-state index in [1.165, 1.54) is 37.7 Å². The lowest BCUT2D eigenvalue weighted by atomic mass is 9.97. The third-order valence-corrected chi connectivity index (χ3v) is 4.27. The minimum atomic E-state index is 0.0418. The summed E-state index contributed by atoms with van der Waals surface area (Å²) in [5.41, 5.74) is 2.41. The third kappa shape index (κ3) is 5.74. The fraction of sp³-hybridized carbons (Fsp3) is 0.526. The van der Waals surface area contributed by atoms with Crippen LogP contribution < -0.4 is 5.32 Å². The van der Waals surface area contributed by atoms with Crippen LogP contribution >= 0.6 is 0 Å². The van der Waals surface area contributed by atoms with Crippen molar-refractivity contribution in [1.29, 1.82) is 0 Å². The van der Waals surface area contributed by atoms with Gasteiger partial charge in [-0.25, -0.2) is 0 Å². The van der Waals surface area contributed by atoms with Crippen LogP contribution in [-0.2, 0) is 11.2 Å². The molecule has 1 aromatic rings. The normalized spacial score (nSPS) is 17.4. The molecule has 1 saturated carbocycles. The standard InChI is InChI=1S/C19H27NO/c1-2-16-10-12-17(13-11-16)14-15-19(21)20-18-8-6-4-3-5-7-9-18/h10-15,18H,2-9H2,1H3,(H,20,21). The first-order chi connectivity index (χ1) is 10.3. The molecule has 1 amide bonds. The van der Waals surface area contributed by atoms with Crippen molar-refractivity contribution in [2.75, 3.05) is 0 Å². The van der Waals surface area contributed by atoms with Crippen molar-refractivity contribution in [2.24, 2.45) is 0 Å². The first-order valence-electron chi connectivity index (χ1n) is 8.35. The number of nitrogens with one attached hydrogen (secondary N) is 1. The molecule has 0 saturated heterocycles. The molecule has 0 aromatic heterocycles. The van der Waals surface area contributed by atoms with Gasteiger partial charge in [-0.3, -0.25) is 4.79 Å². The molecule has 0 spiro atoms. The second kappa shape index (κ2) is 8.66. The maximum Gasteiger partial charge on any atom is 0.244 e. The van der Waals surface area contributed by atoms with Gasteiger partial charge in [0.25, 0.3) is 0 Å². The predicted octanol–water partition coefficient (Wildman–Crippen LogP) is 4.49. The number of hydrogen-bond acceptors (Lipinski definition) is 1. The second-order valence-corrected chi connectivity index (χ2v) is 5.98. The maximum atomic E-state index is 12.0. The SMILES string of the molecule is CCc1ccc(C=CC(=O)NC2CCCCCCC2)cc1. The molecule has 0 aliphatic heterocycles. The summed E-state index contributed by atoms with van der Waals surface area (Å²) in [6.45, 7) is 2.15. The summed E-state index contributed by atoms with van der Waals surface area (Å²) in [4.78, 5) is 12.0. The van der Waals surface area contributed by atoms with Gasteiger partial charge in [-0.2, -0.15) is 0 Å². The molecule has 0 radical (unpaired) electrons. The molecule has 0 heterocycles. The van der Waals surface area contributed by atoms with Gasteiger partial charge >= 0.3 is 0 Å². The zero-order valence-electron chi connectivity index (χ0n) is 13.1. The molecule has 1 aliphatic rings. The van der Waals surface area contributed by atoms with Crippen LogP contribution in [0.4, 0.5) is 0 Å². The molecule has 21 heavy (non-hydrogen) atoms. The van der Waals surface area contributed by atoms with Crippen LogP contribution in [0.2, 0.25) is 0 Å². The van der Waals surface area contributed by atoms with Gasteiger partial charge in [0, 0.05) is 12.1 Å². The Morgan fingerprint density at radius 1 is 1.10 bits per heavy atom. The van der Waals surface area contributed by atoms with Gasteiger partial charge in [0.15, 0.2) is 0 Å². The molecular formula is C19H27NO. The first-order valence-corrected chi connectivity index (χ1v) is 8.35. The van der Waals surface area contributed by atoms with E-state index < -0.39 is 0 Å². The number of aryl methyl sites for hydroxylation is 1. The fourth-order valence-corrected chi connectivity index (χ4v) is 2.89. The van der Waals surface area contributed by atoms with Gasteiger partial charge in [-0.15, -0.1) is 0 Å². The Morgan fingerprint density at radius 2 is 1.71 bits per heavy atom. The topological polar surface area (TPSA) is 29.1 Å². The molecule has 1 aliphatic carbocycles. The Labute approximate surface area is 128 Å². The van der Waals surface area contributed by atoms with Crippen LogP contribution in [0.3, 0.4) is 0 Å². The van der Waals surface area contributed by atoms with Crippen molar-refractivity contribution in [2.45, 2.75) is 64.3 Å². The molecule has 2 nitrogen and oxygen atoms in total. The Hall–Kier alpha value is -1.57.